The predicted octanol–water partition coefficient (Wildman–Crippen LogP) is -0.757. The molecule has 1 saturated heterocycles. The van der Waals surface area contributed by atoms with Crippen molar-refractivity contribution in [2.75, 3.05) is 31.1 Å². The largest absolute Gasteiger partial charge is 0.409 e. The summed E-state index contributed by atoms with van der Waals surface area (Å²) in [6.45, 7) is 1.95. The SMILES string of the molecule is NC(CCN1CCCS(=O)(=O)CC1)=NO. The van der Waals surface area contributed by atoms with E-state index in [4.69, 9.17) is 10.9 Å². The van der Waals surface area contributed by atoms with E-state index in [2.05, 4.69) is 5.16 Å². The minimum absolute atomic E-state index is 0.183. The highest BCUT2D eigenvalue weighted by Gasteiger charge is 2.18. The first kappa shape index (κ1) is 12.3. The quantitative estimate of drug-likeness (QED) is 0.290. The minimum Gasteiger partial charge on any atom is -0.409 e. The van der Waals surface area contributed by atoms with E-state index in [0.29, 0.717) is 25.9 Å². The Morgan fingerprint density at radius 3 is 2.80 bits per heavy atom. The first-order valence-corrected chi connectivity index (χ1v) is 6.75. The molecule has 88 valence electrons. The van der Waals surface area contributed by atoms with Gasteiger partial charge in [-0.05, 0) is 13.0 Å². The fourth-order valence-electron chi connectivity index (χ4n) is 1.54. The van der Waals surface area contributed by atoms with E-state index in [-0.39, 0.29) is 17.3 Å². The maximum Gasteiger partial charge on any atom is 0.151 e. The van der Waals surface area contributed by atoms with Crippen molar-refractivity contribution in [2.45, 2.75) is 12.8 Å². The average Bonchev–Trinajstić information content (AvgIpc) is 2.36. The first-order valence-electron chi connectivity index (χ1n) is 4.93. The lowest BCUT2D eigenvalue weighted by Crippen LogP contribution is -2.30. The van der Waals surface area contributed by atoms with E-state index in [0.717, 1.165) is 6.54 Å². The van der Waals surface area contributed by atoms with Gasteiger partial charge in [0.05, 0.1) is 11.5 Å². The van der Waals surface area contributed by atoms with Gasteiger partial charge in [-0.1, -0.05) is 5.16 Å². The Balaban J connectivity index is 2.38. The molecule has 6 nitrogen and oxygen atoms in total. The van der Waals surface area contributed by atoms with Crippen LogP contribution in [0.1, 0.15) is 12.8 Å². The summed E-state index contributed by atoms with van der Waals surface area (Å²) < 4.78 is 22.6. The number of nitrogens with zero attached hydrogens (tertiary/aromatic N) is 2. The van der Waals surface area contributed by atoms with Crippen molar-refractivity contribution in [1.82, 2.24) is 4.90 Å². The fourth-order valence-corrected chi connectivity index (χ4v) is 2.85. The van der Waals surface area contributed by atoms with Crippen molar-refractivity contribution >= 4 is 15.7 Å². The van der Waals surface area contributed by atoms with Crippen LogP contribution < -0.4 is 5.73 Å². The maximum atomic E-state index is 11.3. The molecular weight excluding hydrogens is 218 g/mol. The van der Waals surface area contributed by atoms with Gasteiger partial charge in [0, 0.05) is 19.5 Å². The molecule has 1 fully saturated rings. The third-order valence-electron chi connectivity index (χ3n) is 2.46. The van der Waals surface area contributed by atoms with Gasteiger partial charge in [-0.25, -0.2) is 8.42 Å². The zero-order valence-electron chi connectivity index (χ0n) is 8.59. The van der Waals surface area contributed by atoms with Gasteiger partial charge in [0.2, 0.25) is 0 Å². The lowest BCUT2D eigenvalue weighted by molar-refractivity contribution is 0.295. The monoisotopic (exact) mass is 235 g/mol. The lowest BCUT2D eigenvalue weighted by atomic mass is 10.3. The highest BCUT2D eigenvalue weighted by molar-refractivity contribution is 7.91. The first-order chi connectivity index (χ1) is 7.03. The molecule has 0 bridgehead atoms. The van der Waals surface area contributed by atoms with Crippen LogP contribution in [0.25, 0.3) is 0 Å². The van der Waals surface area contributed by atoms with Crippen molar-refractivity contribution in [1.29, 1.82) is 0 Å². The summed E-state index contributed by atoms with van der Waals surface area (Å²) in [4.78, 5) is 2.03. The van der Waals surface area contributed by atoms with Crippen LogP contribution in [0.5, 0.6) is 0 Å². The van der Waals surface area contributed by atoms with E-state index < -0.39 is 9.84 Å². The van der Waals surface area contributed by atoms with Crippen molar-refractivity contribution in [2.24, 2.45) is 10.9 Å². The van der Waals surface area contributed by atoms with Crippen molar-refractivity contribution in [3.63, 3.8) is 0 Å². The Bertz CT molecular complexity index is 326. The van der Waals surface area contributed by atoms with Gasteiger partial charge < -0.3 is 15.8 Å². The molecule has 0 aromatic rings. The minimum atomic E-state index is -2.85. The summed E-state index contributed by atoms with van der Waals surface area (Å²) in [5, 5.41) is 11.2. The number of amidine groups is 1. The lowest BCUT2D eigenvalue weighted by Gasteiger charge is -2.18. The molecule has 1 aliphatic rings. The summed E-state index contributed by atoms with van der Waals surface area (Å²) in [5.74, 6) is 0.665. The van der Waals surface area contributed by atoms with Crippen molar-refractivity contribution < 1.29 is 13.6 Å². The average molecular weight is 235 g/mol. The second-order valence-electron chi connectivity index (χ2n) is 3.69. The maximum absolute atomic E-state index is 11.3. The number of hydrogen-bond acceptors (Lipinski definition) is 5. The Labute approximate surface area is 89.7 Å². The van der Waals surface area contributed by atoms with Crippen LogP contribution in [0.3, 0.4) is 0 Å². The summed E-state index contributed by atoms with van der Waals surface area (Å²) in [6.07, 6.45) is 1.13. The number of oxime groups is 1. The molecule has 0 unspecified atom stereocenters. The van der Waals surface area contributed by atoms with Gasteiger partial charge in [0.25, 0.3) is 0 Å². The fraction of sp³-hybridized carbons (Fsp3) is 0.875. The van der Waals surface area contributed by atoms with Crippen molar-refractivity contribution in [3.8, 4) is 0 Å². The number of hydrogen-bond donors (Lipinski definition) is 2. The number of nitrogens with two attached hydrogens (primary N) is 1. The summed E-state index contributed by atoms with van der Waals surface area (Å²) in [5.41, 5.74) is 5.34. The number of rotatable bonds is 3. The summed E-state index contributed by atoms with van der Waals surface area (Å²) >= 11 is 0. The van der Waals surface area contributed by atoms with Gasteiger partial charge in [-0.2, -0.15) is 0 Å². The molecule has 0 aromatic heterocycles. The molecule has 0 radical (unpaired) electrons. The smallest absolute Gasteiger partial charge is 0.151 e. The molecule has 0 aliphatic carbocycles. The van der Waals surface area contributed by atoms with Gasteiger partial charge in [0.1, 0.15) is 5.84 Å². The molecule has 0 spiro atoms. The van der Waals surface area contributed by atoms with E-state index in [1.54, 1.807) is 0 Å². The third-order valence-corrected chi connectivity index (χ3v) is 4.18. The van der Waals surface area contributed by atoms with Gasteiger partial charge in [-0.15, -0.1) is 0 Å². The van der Waals surface area contributed by atoms with E-state index in [1.165, 1.54) is 0 Å². The second-order valence-corrected chi connectivity index (χ2v) is 5.99. The van der Waals surface area contributed by atoms with E-state index >= 15 is 0 Å². The molecule has 3 N–H and O–H groups in total. The van der Waals surface area contributed by atoms with Gasteiger partial charge in [0.15, 0.2) is 9.84 Å². The van der Waals surface area contributed by atoms with Crippen LogP contribution in [-0.4, -0.2) is 55.5 Å². The Morgan fingerprint density at radius 2 is 2.13 bits per heavy atom. The highest BCUT2D eigenvalue weighted by Crippen LogP contribution is 2.05. The third kappa shape index (κ3) is 4.48. The van der Waals surface area contributed by atoms with Crippen LogP contribution in [0, 0.1) is 0 Å². The zero-order chi connectivity index (χ0) is 11.3. The normalized spacial score (nSPS) is 23.6. The van der Waals surface area contributed by atoms with Crippen molar-refractivity contribution in [3.05, 3.63) is 0 Å². The molecule has 7 heteroatoms. The van der Waals surface area contributed by atoms with E-state index in [1.807, 2.05) is 4.90 Å². The van der Waals surface area contributed by atoms with Crippen LogP contribution >= 0.6 is 0 Å². The molecule has 0 amide bonds. The molecule has 0 aromatic carbocycles. The van der Waals surface area contributed by atoms with E-state index in [9.17, 15) is 8.42 Å². The van der Waals surface area contributed by atoms with Crippen LogP contribution in [-0.2, 0) is 9.84 Å². The molecule has 1 aliphatic heterocycles. The second kappa shape index (κ2) is 5.32. The number of sulfone groups is 1. The molecule has 0 atom stereocenters. The van der Waals surface area contributed by atoms with Crippen LogP contribution in [0.2, 0.25) is 0 Å². The molecule has 1 heterocycles. The highest BCUT2D eigenvalue weighted by atomic mass is 32.2. The predicted molar refractivity (Wildman–Crippen MR) is 57.7 cm³/mol. The zero-order valence-corrected chi connectivity index (χ0v) is 9.41. The topological polar surface area (TPSA) is 96.0 Å². The summed E-state index contributed by atoms with van der Waals surface area (Å²) in [7, 11) is -2.85. The van der Waals surface area contributed by atoms with Crippen LogP contribution in [0.4, 0.5) is 0 Å². The van der Waals surface area contributed by atoms with Gasteiger partial charge in [-0.3, -0.25) is 0 Å². The molecule has 1 rings (SSSR count). The van der Waals surface area contributed by atoms with Crippen LogP contribution in [0.15, 0.2) is 5.16 Å². The standard InChI is InChI=1S/C8H17N3O3S/c9-8(10-12)2-4-11-3-1-6-15(13,14)7-5-11/h12H,1-7H2,(H2,9,10). The molecular formula is C8H17N3O3S. The van der Waals surface area contributed by atoms with Gasteiger partial charge >= 0.3 is 0 Å². The Hall–Kier alpha value is -0.820. The molecule has 15 heavy (non-hydrogen) atoms. The Kier molecular flexibility index (Phi) is 4.34. The molecule has 0 saturated carbocycles. The Morgan fingerprint density at radius 1 is 1.40 bits per heavy atom. The summed E-state index contributed by atoms with van der Waals surface area (Å²) in [6, 6.07) is 0.